The lowest BCUT2D eigenvalue weighted by Crippen LogP contribution is -2.14. The Balaban J connectivity index is 1.96. The second kappa shape index (κ2) is 7.29. The fraction of sp³-hybridized carbons (Fsp3) is 0.125. The zero-order valence-electron chi connectivity index (χ0n) is 11.8. The van der Waals surface area contributed by atoms with Crippen molar-refractivity contribution in [3.05, 3.63) is 58.1 Å². The molecule has 4 nitrogen and oxygen atoms in total. The van der Waals surface area contributed by atoms with Crippen molar-refractivity contribution in [2.45, 2.75) is 13.3 Å². The van der Waals surface area contributed by atoms with Crippen molar-refractivity contribution in [1.82, 2.24) is 0 Å². The van der Waals surface area contributed by atoms with Crippen LogP contribution < -0.4 is 10.6 Å². The molecule has 114 valence electrons. The lowest BCUT2D eigenvalue weighted by atomic mass is 10.1. The lowest BCUT2D eigenvalue weighted by Gasteiger charge is -2.07. The third kappa shape index (κ3) is 4.76. The topological polar surface area (TPSA) is 58.2 Å². The molecule has 0 fully saturated rings. The molecule has 0 aliphatic carbocycles. The summed E-state index contributed by atoms with van der Waals surface area (Å²) >= 11 is 11.7. The van der Waals surface area contributed by atoms with Gasteiger partial charge in [0.05, 0.1) is 16.5 Å². The van der Waals surface area contributed by atoms with Gasteiger partial charge in [0.1, 0.15) is 0 Å². The van der Waals surface area contributed by atoms with Gasteiger partial charge in [0, 0.05) is 18.3 Å². The minimum absolute atomic E-state index is 0.134. The molecule has 2 amide bonds. The summed E-state index contributed by atoms with van der Waals surface area (Å²) in [4.78, 5) is 22.9. The zero-order chi connectivity index (χ0) is 16.1. The maximum absolute atomic E-state index is 12.0. The highest BCUT2D eigenvalue weighted by atomic mass is 35.5. The van der Waals surface area contributed by atoms with E-state index in [9.17, 15) is 9.59 Å². The average Bonchev–Trinajstić information content (AvgIpc) is 2.44. The van der Waals surface area contributed by atoms with E-state index in [1.54, 1.807) is 42.5 Å². The van der Waals surface area contributed by atoms with Gasteiger partial charge < -0.3 is 10.6 Å². The van der Waals surface area contributed by atoms with Gasteiger partial charge >= 0.3 is 0 Å². The van der Waals surface area contributed by atoms with E-state index in [1.807, 2.05) is 0 Å². The monoisotopic (exact) mass is 336 g/mol. The second-order valence-corrected chi connectivity index (χ2v) is 5.55. The molecule has 2 N–H and O–H groups in total. The van der Waals surface area contributed by atoms with Gasteiger partial charge in [-0.2, -0.15) is 0 Å². The summed E-state index contributed by atoms with van der Waals surface area (Å²) in [7, 11) is 0. The first-order chi connectivity index (χ1) is 10.4. The van der Waals surface area contributed by atoms with Gasteiger partial charge in [-0.15, -0.1) is 0 Å². The SMILES string of the molecule is CC(=O)Nc1ccc(CC(=O)Nc2ccc(Cl)c(Cl)c2)cc1. The molecule has 0 aliphatic heterocycles. The van der Waals surface area contributed by atoms with E-state index in [2.05, 4.69) is 10.6 Å². The van der Waals surface area contributed by atoms with Crippen LogP contribution >= 0.6 is 23.2 Å². The second-order valence-electron chi connectivity index (χ2n) is 4.73. The summed E-state index contributed by atoms with van der Waals surface area (Å²) in [6, 6.07) is 12.0. The van der Waals surface area contributed by atoms with Gasteiger partial charge in [0.2, 0.25) is 11.8 Å². The molecule has 0 radical (unpaired) electrons. The van der Waals surface area contributed by atoms with Gasteiger partial charge in [-0.25, -0.2) is 0 Å². The number of anilines is 2. The third-order valence-electron chi connectivity index (χ3n) is 2.84. The maximum Gasteiger partial charge on any atom is 0.228 e. The molecule has 0 saturated carbocycles. The lowest BCUT2D eigenvalue weighted by molar-refractivity contribution is -0.116. The summed E-state index contributed by atoms with van der Waals surface area (Å²) < 4.78 is 0. The minimum atomic E-state index is -0.161. The molecule has 0 unspecified atom stereocenters. The molecule has 2 aromatic rings. The molecule has 0 saturated heterocycles. The third-order valence-corrected chi connectivity index (χ3v) is 3.58. The highest BCUT2D eigenvalue weighted by Gasteiger charge is 2.06. The van der Waals surface area contributed by atoms with Crippen LogP contribution in [0.3, 0.4) is 0 Å². The van der Waals surface area contributed by atoms with Crippen molar-refractivity contribution >= 4 is 46.4 Å². The highest BCUT2D eigenvalue weighted by Crippen LogP contribution is 2.25. The molecule has 0 spiro atoms. The summed E-state index contributed by atoms with van der Waals surface area (Å²) in [5, 5.41) is 6.25. The van der Waals surface area contributed by atoms with Crippen molar-refractivity contribution in [1.29, 1.82) is 0 Å². The minimum Gasteiger partial charge on any atom is -0.326 e. The Kier molecular flexibility index (Phi) is 5.41. The molecular weight excluding hydrogens is 323 g/mol. The predicted octanol–water partition coefficient (Wildman–Crippen LogP) is 4.13. The van der Waals surface area contributed by atoms with E-state index >= 15 is 0 Å². The average molecular weight is 337 g/mol. The number of halogens is 2. The largest absolute Gasteiger partial charge is 0.326 e. The number of carbonyl (C=O) groups excluding carboxylic acids is 2. The summed E-state index contributed by atoms with van der Waals surface area (Å²) in [6.45, 7) is 1.44. The molecule has 0 aliphatic rings. The molecule has 0 bridgehead atoms. The number of amides is 2. The summed E-state index contributed by atoms with van der Waals surface area (Å²) in [5.41, 5.74) is 2.13. The van der Waals surface area contributed by atoms with E-state index in [4.69, 9.17) is 23.2 Å². The fourth-order valence-electron chi connectivity index (χ4n) is 1.87. The van der Waals surface area contributed by atoms with Crippen molar-refractivity contribution in [3.63, 3.8) is 0 Å². The van der Waals surface area contributed by atoms with Gasteiger partial charge in [-0.05, 0) is 35.9 Å². The van der Waals surface area contributed by atoms with Crippen LogP contribution in [0.25, 0.3) is 0 Å². The van der Waals surface area contributed by atoms with Crippen LogP contribution in [-0.4, -0.2) is 11.8 Å². The van der Waals surface area contributed by atoms with Crippen LogP contribution in [0.5, 0.6) is 0 Å². The van der Waals surface area contributed by atoms with Gasteiger partial charge in [-0.1, -0.05) is 35.3 Å². The first kappa shape index (κ1) is 16.3. The van der Waals surface area contributed by atoms with Crippen LogP contribution in [0.15, 0.2) is 42.5 Å². The Morgan fingerprint density at radius 2 is 1.55 bits per heavy atom. The fourth-order valence-corrected chi connectivity index (χ4v) is 2.17. The normalized spacial score (nSPS) is 10.1. The first-order valence-corrected chi connectivity index (χ1v) is 7.31. The number of benzene rings is 2. The van der Waals surface area contributed by atoms with Crippen molar-refractivity contribution in [2.24, 2.45) is 0 Å². The van der Waals surface area contributed by atoms with Crippen LogP contribution in [0, 0.1) is 0 Å². The van der Waals surface area contributed by atoms with E-state index in [1.165, 1.54) is 6.92 Å². The highest BCUT2D eigenvalue weighted by molar-refractivity contribution is 6.42. The Morgan fingerprint density at radius 3 is 2.14 bits per heavy atom. The van der Waals surface area contributed by atoms with Gasteiger partial charge in [0.25, 0.3) is 0 Å². The Morgan fingerprint density at radius 1 is 0.909 bits per heavy atom. The molecule has 0 heterocycles. The number of hydrogen-bond donors (Lipinski definition) is 2. The van der Waals surface area contributed by atoms with E-state index in [0.717, 1.165) is 5.56 Å². The van der Waals surface area contributed by atoms with Crippen LogP contribution in [0.1, 0.15) is 12.5 Å². The quantitative estimate of drug-likeness (QED) is 0.881. The molecule has 0 aromatic heterocycles. The number of rotatable bonds is 4. The van der Waals surface area contributed by atoms with Crippen LogP contribution in [-0.2, 0) is 16.0 Å². The van der Waals surface area contributed by atoms with E-state index in [0.29, 0.717) is 21.4 Å². The van der Waals surface area contributed by atoms with E-state index < -0.39 is 0 Å². The summed E-state index contributed by atoms with van der Waals surface area (Å²) in [6.07, 6.45) is 0.223. The number of hydrogen-bond acceptors (Lipinski definition) is 2. The van der Waals surface area contributed by atoms with E-state index in [-0.39, 0.29) is 18.2 Å². The molecule has 22 heavy (non-hydrogen) atoms. The maximum atomic E-state index is 12.0. The predicted molar refractivity (Wildman–Crippen MR) is 89.5 cm³/mol. The van der Waals surface area contributed by atoms with Crippen molar-refractivity contribution in [2.75, 3.05) is 10.6 Å². The Labute approximate surface area is 138 Å². The van der Waals surface area contributed by atoms with Crippen LogP contribution in [0.2, 0.25) is 10.0 Å². The standard InChI is InChI=1S/C16H14Cl2N2O2/c1-10(21)19-12-4-2-11(3-5-12)8-16(22)20-13-6-7-14(17)15(18)9-13/h2-7,9H,8H2,1H3,(H,19,21)(H,20,22). The van der Waals surface area contributed by atoms with Crippen molar-refractivity contribution in [3.8, 4) is 0 Å². The van der Waals surface area contributed by atoms with Crippen molar-refractivity contribution < 1.29 is 9.59 Å². The number of carbonyl (C=O) groups is 2. The first-order valence-electron chi connectivity index (χ1n) is 6.55. The number of nitrogens with one attached hydrogen (secondary N) is 2. The zero-order valence-corrected chi connectivity index (χ0v) is 13.3. The molecular formula is C16H14Cl2N2O2. The Hall–Kier alpha value is -2.04. The smallest absolute Gasteiger partial charge is 0.228 e. The van der Waals surface area contributed by atoms with Gasteiger partial charge in [0.15, 0.2) is 0 Å². The van der Waals surface area contributed by atoms with Gasteiger partial charge in [-0.3, -0.25) is 9.59 Å². The summed E-state index contributed by atoms with van der Waals surface area (Å²) in [5.74, 6) is -0.296. The molecule has 2 aromatic carbocycles. The molecule has 2 rings (SSSR count). The molecule has 0 atom stereocenters. The Bertz CT molecular complexity index is 700. The van der Waals surface area contributed by atoms with Crippen LogP contribution in [0.4, 0.5) is 11.4 Å². The molecule has 6 heteroatoms.